The SMILES string of the molecule is CCCOC(=O)CCCOCO. The van der Waals surface area contributed by atoms with Gasteiger partial charge in [0.1, 0.15) is 6.79 Å². The molecule has 1 N–H and O–H groups in total. The molecule has 0 aliphatic rings. The van der Waals surface area contributed by atoms with Gasteiger partial charge in [-0.1, -0.05) is 6.92 Å². The summed E-state index contributed by atoms with van der Waals surface area (Å²) in [5.41, 5.74) is 0. The second-order valence-corrected chi connectivity index (χ2v) is 2.36. The van der Waals surface area contributed by atoms with Crippen molar-refractivity contribution in [1.82, 2.24) is 0 Å². The van der Waals surface area contributed by atoms with Crippen LogP contribution >= 0.6 is 0 Å². The largest absolute Gasteiger partial charge is 0.466 e. The molecule has 4 heteroatoms. The fourth-order valence-corrected chi connectivity index (χ4v) is 0.671. The average molecular weight is 176 g/mol. The molecule has 0 amide bonds. The highest BCUT2D eigenvalue weighted by Gasteiger charge is 2.00. The maximum Gasteiger partial charge on any atom is 0.305 e. The molecule has 0 aliphatic heterocycles. The molecule has 12 heavy (non-hydrogen) atoms. The van der Waals surface area contributed by atoms with Gasteiger partial charge < -0.3 is 14.6 Å². The third kappa shape index (κ3) is 7.50. The molecular formula is C8H16O4. The molecule has 4 nitrogen and oxygen atoms in total. The molecule has 0 aromatic rings. The van der Waals surface area contributed by atoms with Crippen molar-refractivity contribution < 1.29 is 19.4 Å². The van der Waals surface area contributed by atoms with Gasteiger partial charge in [-0.2, -0.15) is 0 Å². The van der Waals surface area contributed by atoms with Gasteiger partial charge in [0.25, 0.3) is 0 Å². The molecule has 0 aromatic heterocycles. The van der Waals surface area contributed by atoms with Crippen molar-refractivity contribution in [2.75, 3.05) is 20.0 Å². The summed E-state index contributed by atoms with van der Waals surface area (Å²) in [6.45, 7) is 2.55. The number of aliphatic hydroxyl groups excluding tert-OH is 1. The molecule has 0 aromatic carbocycles. The van der Waals surface area contributed by atoms with E-state index in [-0.39, 0.29) is 12.8 Å². The molecule has 0 saturated heterocycles. The predicted molar refractivity (Wildman–Crippen MR) is 43.5 cm³/mol. The number of esters is 1. The van der Waals surface area contributed by atoms with Gasteiger partial charge in [-0.25, -0.2) is 0 Å². The quantitative estimate of drug-likeness (QED) is 0.352. The van der Waals surface area contributed by atoms with Gasteiger partial charge in [0.05, 0.1) is 6.61 Å². The lowest BCUT2D eigenvalue weighted by Crippen LogP contribution is -2.06. The molecule has 0 heterocycles. The van der Waals surface area contributed by atoms with Crippen LogP contribution in [0, 0.1) is 0 Å². The number of aliphatic hydroxyl groups is 1. The van der Waals surface area contributed by atoms with Crippen LogP contribution in [0.1, 0.15) is 26.2 Å². The van der Waals surface area contributed by atoms with Crippen LogP contribution in [0.2, 0.25) is 0 Å². The highest BCUT2D eigenvalue weighted by molar-refractivity contribution is 5.69. The monoisotopic (exact) mass is 176 g/mol. The molecule has 0 bridgehead atoms. The number of carbonyl (C=O) groups is 1. The van der Waals surface area contributed by atoms with E-state index >= 15 is 0 Å². The van der Waals surface area contributed by atoms with Crippen molar-refractivity contribution in [2.24, 2.45) is 0 Å². The van der Waals surface area contributed by atoms with Crippen molar-refractivity contribution in [3.8, 4) is 0 Å². The van der Waals surface area contributed by atoms with Crippen LogP contribution in [0.15, 0.2) is 0 Å². The molecular weight excluding hydrogens is 160 g/mol. The topological polar surface area (TPSA) is 55.8 Å². The molecule has 0 rings (SSSR count). The maximum atomic E-state index is 10.8. The molecule has 0 saturated carbocycles. The molecule has 0 atom stereocenters. The van der Waals surface area contributed by atoms with Gasteiger partial charge in [0.15, 0.2) is 0 Å². The van der Waals surface area contributed by atoms with E-state index in [1.165, 1.54) is 0 Å². The number of rotatable bonds is 7. The summed E-state index contributed by atoms with van der Waals surface area (Å²) in [6, 6.07) is 0. The number of carbonyl (C=O) groups excluding carboxylic acids is 1. The highest BCUT2D eigenvalue weighted by atomic mass is 16.6. The van der Waals surface area contributed by atoms with Crippen molar-refractivity contribution in [1.29, 1.82) is 0 Å². The Bertz CT molecular complexity index is 114. The molecule has 0 fully saturated rings. The second kappa shape index (κ2) is 8.49. The van der Waals surface area contributed by atoms with Crippen LogP contribution in [-0.4, -0.2) is 31.1 Å². The van der Waals surface area contributed by atoms with Crippen LogP contribution in [0.25, 0.3) is 0 Å². The van der Waals surface area contributed by atoms with E-state index in [1.807, 2.05) is 6.92 Å². The van der Waals surface area contributed by atoms with Crippen molar-refractivity contribution >= 4 is 5.97 Å². The second-order valence-electron chi connectivity index (χ2n) is 2.36. The smallest absolute Gasteiger partial charge is 0.305 e. The van der Waals surface area contributed by atoms with Crippen molar-refractivity contribution in [3.05, 3.63) is 0 Å². The Kier molecular flexibility index (Phi) is 8.05. The first-order chi connectivity index (χ1) is 5.81. The summed E-state index contributed by atoms with van der Waals surface area (Å²) in [5.74, 6) is -0.196. The normalized spacial score (nSPS) is 9.83. The minimum Gasteiger partial charge on any atom is -0.466 e. The van der Waals surface area contributed by atoms with Crippen molar-refractivity contribution in [3.63, 3.8) is 0 Å². The first-order valence-corrected chi connectivity index (χ1v) is 4.15. The first kappa shape index (κ1) is 11.4. The number of hydrogen-bond donors (Lipinski definition) is 1. The van der Waals surface area contributed by atoms with E-state index in [0.29, 0.717) is 26.1 Å². The van der Waals surface area contributed by atoms with Crippen LogP contribution in [0.4, 0.5) is 0 Å². The summed E-state index contributed by atoms with van der Waals surface area (Å²) in [7, 11) is 0. The Labute approximate surface area is 72.5 Å². The molecule has 0 radical (unpaired) electrons. The summed E-state index contributed by atoms with van der Waals surface area (Å²) in [5, 5.41) is 8.23. The Hall–Kier alpha value is -0.610. The van der Waals surface area contributed by atoms with Crippen LogP contribution in [0.3, 0.4) is 0 Å². The van der Waals surface area contributed by atoms with Gasteiger partial charge in [-0.3, -0.25) is 4.79 Å². The summed E-state index contributed by atoms with van der Waals surface area (Å²) >= 11 is 0. The molecule has 0 spiro atoms. The average Bonchev–Trinajstić information content (AvgIpc) is 2.09. The van der Waals surface area contributed by atoms with E-state index in [2.05, 4.69) is 4.74 Å². The molecule has 0 aliphatic carbocycles. The first-order valence-electron chi connectivity index (χ1n) is 4.15. The fourth-order valence-electron chi connectivity index (χ4n) is 0.671. The van der Waals surface area contributed by atoms with Crippen molar-refractivity contribution in [2.45, 2.75) is 26.2 Å². The van der Waals surface area contributed by atoms with E-state index in [9.17, 15) is 4.79 Å². The number of ether oxygens (including phenoxy) is 2. The molecule has 0 unspecified atom stereocenters. The van der Waals surface area contributed by atoms with Crippen LogP contribution in [0.5, 0.6) is 0 Å². The standard InChI is InChI=1S/C8H16O4/c1-2-5-12-8(10)4-3-6-11-7-9/h9H,2-7H2,1H3. The Morgan fingerprint density at radius 1 is 1.42 bits per heavy atom. The summed E-state index contributed by atoms with van der Waals surface area (Å²) in [4.78, 5) is 10.8. The summed E-state index contributed by atoms with van der Waals surface area (Å²) < 4.78 is 9.45. The van der Waals surface area contributed by atoms with Gasteiger partial charge >= 0.3 is 5.97 Å². The van der Waals surface area contributed by atoms with E-state index in [0.717, 1.165) is 6.42 Å². The Morgan fingerprint density at radius 3 is 2.75 bits per heavy atom. The zero-order valence-electron chi connectivity index (χ0n) is 7.41. The van der Waals surface area contributed by atoms with E-state index in [1.54, 1.807) is 0 Å². The Morgan fingerprint density at radius 2 is 2.17 bits per heavy atom. The zero-order chi connectivity index (χ0) is 9.23. The van der Waals surface area contributed by atoms with Gasteiger partial charge in [0, 0.05) is 13.0 Å². The Balaban J connectivity index is 3.08. The third-order valence-electron chi connectivity index (χ3n) is 1.23. The lowest BCUT2D eigenvalue weighted by atomic mass is 10.3. The fraction of sp³-hybridized carbons (Fsp3) is 0.875. The molecule has 72 valence electrons. The zero-order valence-corrected chi connectivity index (χ0v) is 7.41. The van der Waals surface area contributed by atoms with Crippen LogP contribution in [-0.2, 0) is 14.3 Å². The lowest BCUT2D eigenvalue weighted by molar-refractivity contribution is -0.144. The maximum absolute atomic E-state index is 10.8. The predicted octanol–water partition coefficient (Wildman–Crippen LogP) is 0.686. The summed E-state index contributed by atoms with van der Waals surface area (Å²) in [6.07, 6.45) is 1.81. The van der Waals surface area contributed by atoms with Gasteiger partial charge in [0.2, 0.25) is 0 Å². The minimum absolute atomic E-state index is 0.196. The van der Waals surface area contributed by atoms with Gasteiger partial charge in [-0.05, 0) is 12.8 Å². The van der Waals surface area contributed by atoms with Gasteiger partial charge in [-0.15, -0.1) is 0 Å². The van der Waals surface area contributed by atoms with E-state index < -0.39 is 0 Å². The van der Waals surface area contributed by atoms with Crippen LogP contribution < -0.4 is 0 Å². The third-order valence-corrected chi connectivity index (χ3v) is 1.23. The minimum atomic E-state index is -0.288. The number of hydrogen-bond acceptors (Lipinski definition) is 4. The van der Waals surface area contributed by atoms with E-state index in [4.69, 9.17) is 9.84 Å². The lowest BCUT2D eigenvalue weighted by Gasteiger charge is -2.02. The highest BCUT2D eigenvalue weighted by Crippen LogP contribution is 1.94.